The lowest BCUT2D eigenvalue weighted by Gasteiger charge is -2.30. The molecule has 16 heteroatoms. The van der Waals surface area contributed by atoms with Gasteiger partial charge in [-0.1, -0.05) is 92.7 Å². The van der Waals surface area contributed by atoms with E-state index in [1.807, 2.05) is 50.2 Å². The lowest BCUT2D eigenvalue weighted by atomic mass is 9.98. The molecule has 4 N–H and O–H groups in total. The summed E-state index contributed by atoms with van der Waals surface area (Å²) in [5.74, 6) is -3.26. The Hall–Kier alpha value is -7.10. The summed E-state index contributed by atoms with van der Waals surface area (Å²) in [4.78, 5) is 70.3. The molecule has 0 bridgehead atoms. The molecule has 2 fully saturated rings. The van der Waals surface area contributed by atoms with Gasteiger partial charge in [0.05, 0.1) is 56.6 Å². The molecule has 2 aliphatic heterocycles. The van der Waals surface area contributed by atoms with Gasteiger partial charge >= 0.3 is 12.2 Å². The molecule has 14 nitrogen and oxygen atoms in total. The van der Waals surface area contributed by atoms with E-state index in [2.05, 4.69) is 54.8 Å². The smallest absolute Gasteiger partial charge is 0.407 e. The molecule has 2 saturated heterocycles. The molecule has 4 heterocycles. The van der Waals surface area contributed by atoms with Gasteiger partial charge in [-0.3, -0.25) is 9.59 Å². The van der Waals surface area contributed by atoms with Crippen molar-refractivity contribution < 1.29 is 37.4 Å². The van der Waals surface area contributed by atoms with Gasteiger partial charge in [0, 0.05) is 18.5 Å². The lowest BCUT2D eigenvalue weighted by molar-refractivity contribution is -0.136. The van der Waals surface area contributed by atoms with Gasteiger partial charge in [-0.05, 0) is 63.9 Å². The monoisotopic (exact) mass is 858 g/mol. The SMILES string of the molecule is COC(=O)N[C@H](C(=O)N1CCC[C@H]1c1ncc(-c2ccc3cc(-c4ccc(-c5cnc([C@@H]6CC(F)(F)CN6C(=O)[C@H](NC(=O)OC)c6ccccc6)[nH]5)cc4)ccc3c2)[nH]1)C(C)C. The van der Waals surface area contributed by atoms with Crippen molar-refractivity contribution in [2.45, 2.75) is 63.2 Å². The Morgan fingerprint density at radius 1 is 0.714 bits per heavy atom. The van der Waals surface area contributed by atoms with Gasteiger partial charge in [0.15, 0.2) is 0 Å². The summed E-state index contributed by atoms with van der Waals surface area (Å²) in [7, 11) is 2.44. The standard InChI is InChI=1S/C47H48F2N8O6/c1-27(2)39(54-45(60)62-3)43(58)56-20-8-11-37(56)41-50-25-36(53-41)34-19-18-32-21-31(16-17-33(32)22-34)28-12-14-29(15-13-28)35-24-51-42(52-35)38-23-47(48,49)26-57(38)44(59)40(55-46(61)63-4)30-9-6-5-7-10-30/h5-7,9-10,12-19,21-22,24-25,27,37-40H,8,11,20,23,26H2,1-4H3,(H,50,53)(H,51,52)(H,54,60)(H,55,61)/t37-,38-,39-,40+/m0/s1. The second kappa shape index (κ2) is 17.7. The second-order valence-corrected chi connectivity index (χ2v) is 16.3. The number of likely N-dealkylation sites (tertiary alicyclic amines) is 2. The van der Waals surface area contributed by atoms with Crippen molar-refractivity contribution in [3.63, 3.8) is 0 Å². The number of imidazole rings is 2. The molecule has 8 rings (SSSR count). The predicted molar refractivity (Wildman–Crippen MR) is 231 cm³/mol. The van der Waals surface area contributed by atoms with Crippen molar-refractivity contribution in [1.29, 1.82) is 0 Å². The Kier molecular flexibility index (Phi) is 12.0. The van der Waals surface area contributed by atoms with Crippen molar-refractivity contribution in [2.75, 3.05) is 27.3 Å². The third-order valence-corrected chi connectivity index (χ3v) is 11.8. The van der Waals surface area contributed by atoms with Gasteiger partial charge in [-0.25, -0.2) is 28.3 Å². The molecule has 6 aromatic rings. The summed E-state index contributed by atoms with van der Waals surface area (Å²) < 4.78 is 39.5. The minimum absolute atomic E-state index is 0.129. The number of methoxy groups -OCH3 is 2. The molecule has 4 atom stereocenters. The number of carbonyl (C=O) groups excluding carboxylic acids is 4. The highest BCUT2D eigenvalue weighted by Gasteiger charge is 2.50. The first kappa shape index (κ1) is 42.6. The number of halogens is 2. The first-order valence-corrected chi connectivity index (χ1v) is 20.8. The van der Waals surface area contributed by atoms with Crippen LogP contribution in [0.1, 0.15) is 68.4 Å². The number of amides is 4. The minimum atomic E-state index is -3.17. The van der Waals surface area contributed by atoms with Crippen LogP contribution < -0.4 is 10.6 Å². The number of H-pyrrole nitrogens is 2. The Morgan fingerprint density at radius 2 is 1.29 bits per heavy atom. The third-order valence-electron chi connectivity index (χ3n) is 11.8. The van der Waals surface area contributed by atoms with Gasteiger partial charge in [-0.15, -0.1) is 0 Å². The summed E-state index contributed by atoms with van der Waals surface area (Å²) in [6, 6.07) is 25.4. The van der Waals surface area contributed by atoms with E-state index in [4.69, 9.17) is 9.47 Å². The van der Waals surface area contributed by atoms with E-state index in [0.717, 1.165) is 56.5 Å². The van der Waals surface area contributed by atoms with Gasteiger partial charge in [0.1, 0.15) is 23.7 Å². The molecule has 4 aromatic carbocycles. The number of aromatic amines is 2. The lowest BCUT2D eigenvalue weighted by Crippen LogP contribution is -2.51. The van der Waals surface area contributed by atoms with E-state index in [0.29, 0.717) is 23.6 Å². The summed E-state index contributed by atoms with van der Waals surface area (Å²) in [5, 5.41) is 7.25. The minimum Gasteiger partial charge on any atom is -0.453 e. The molecule has 0 radical (unpaired) electrons. The molecule has 0 spiro atoms. The fourth-order valence-electron chi connectivity index (χ4n) is 8.50. The molecule has 0 unspecified atom stereocenters. The fourth-order valence-corrected chi connectivity index (χ4v) is 8.50. The van der Waals surface area contributed by atoms with Crippen LogP contribution in [0.3, 0.4) is 0 Å². The molecule has 4 amide bonds. The molecular weight excluding hydrogens is 811 g/mol. The summed E-state index contributed by atoms with van der Waals surface area (Å²) in [5.41, 5.74) is 5.55. The van der Waals surface area contributed by atoms with Crippen LogP contribution >= 0.6 is 0 Å². The molecular formula is C47H48F2N8O6. The van der Waals surface area contributed by atoms with Crippen molar-refractivity contribution in [1.82, 2.24) is 40.4 Å². The number of rotatable bonds is 11. The van der Waals surface area contributed by atoms with Crippen LogP contribution in [0.25, 0.3) is 44.4 Å². The van der Waals surface area contributed by atoms with E-state index in [9.17, 15) is 19.2 Å². The van der Waals surface area contributed by atoms with Gasteiger partial charge in [0.25, 0.3) is 11.8 Å². The molecule has 0 aliphatic carbocycles. The Balaban J connectivity index is 0.959. The number of benzene rings is 4. The van der Waals surface area contributed by atoms with E-state index in [-0.39, 0.29) is 23.7 Å². The van der Waals surface area contributed by atoms with Gasteiger partial charge in [0.2, 0.25) is 5.91 Å². The Morgan fingerprint density at radius 3 is 1.94 bits per heavy atom. The quantitative estimate of drug-likeness (QED) is 0.101. The van der Waals surface area contributed by atoms with Crippen LogP contribution in [0.4, 0.5) is 18.4 Å². The number of aromatic nitrogens is 4. The number of fused-ring (bicyclic) bond motifs is 1. The highest BCUT2D eigenvalue weighted by Crippen LogP contribution is 2.42. The number of alkyl halides is 2. The van der Waals surface area contributed by atoms with Crippen molar-refractivity contribution >= 4 is 34.8 Å². The average Bonchev–Trinajstić information content (AvgIpc) is 4.13. The second-order valence-electron chi connectivity index (χ2n) is 16.3. The summed E-state index contributed by atoms with van der Waals surface area (Å²) in [6.07, 6.45) is 2.79. The van der Waals surface area contributed by atoms with Gasteiger partial charge in [-0.2, -0.15) is 0 Å². The van der Waals surface area contributed by atoms with E-state index < -0.39 is 55.1 Å². The first-order valence-electron chi connectivity index (χ1n) is 20.8. The molecule has 2 aromatic heterocycles. The van der Waals surface area contributed by atoms with Crippen LogP contribution in [-0.4, -0.2) is 93.0 Å². The van der Waals surface area contributed by atoms with Crippen LogP contribution in [0, 0.1) is 5.92 Å². The number of nitrogens with zero attached hydrogens (tertiary/aromatic N) is 4. The highest BCUT2D eigenvalue weighted by molar-refractivity contribution is 5.91. The van der Waals surface area contributed by atoms with Crippen molar-refractivity contribution in [3.05, 3.63) is 121 Å². The van der Waals surface area contributed by atoms with Gasteiger partial charge < -0.3 is 39.9 Å². The largest absolute Gasteiger partial charge is 0.453 e. The maximum absolute atomic E-state index is 15.0. The van der Waals surface area contributed by atoms with Crippen LogP contribution in [-0.2, 0) is 19.1 Å². The zero-order valence-electron chi connectivity index (χ0n) is 35.2. The number of alkyl carbamates (subject to hydrolysis) is 2. The fraction of sp³-hybridized carbons (Fsp3) is 0.319. The van der Waals surface area contributed by atoms with Crippen LogP contribution in [0.2, 0.25) is 0 Å². The zero-order chi connectivity index (χ0) is 44.4. The van der Waals surface area contributed by atoms with E-state index in [1.165, 1.54) is 14.2 Å². The van der Waals surface area contributed by atoms with Crippen molar-refractivity contribution in [3.8, 4) is 33.6 Å². The predicted octanol–water partition coefficient (Wildman–Crippen LogP) is 8.34. The number of ether oxygens (including phenoxy) is 2. The molecule has 0 saturated carbocycles. The average molecular weight is 859 g/mol. The van der Waals surface area contributed by atoms with E-state index in [1.54, 1.807) is 47.6 Å². The molecule has 326 valence electrons. The maximum Gasteiger partial charge on any atom is 0.407 e. The maximum atomic E-state index is 15.0. The first-order chi connectivity index (χ1) is 30.3. The van der Waals surface area contributed by atoms with Crippen LogP contribution in [0.15, 0.2) is 103 Å². The normalized spacial score (nSPS) is 18.0. The number of hydrogen-bond donors (Lipinski definition) is 4. The third kappa shape index (κ3) is 8.97. The van der Waals surface area contributed by atoms with Crippen LogP contribution in [0.5, 0.6) is 0 Å². The molecule has 63 heavy (non-hydrogen) atoms. The number of hydrogen-bond acceptors (Lipinski definition) is 8. The number of carbonyl (C=O) groups is 4. The van der Waals surface area contributed by atoms with Crippen molar-refractivity contribution in [2.24, 2.45) is 5.92 Å². The Bertz CT molecular complexity index is 2630. The summed E-state index contributed by atoms with van der Waals surface area (Å²) in [6.45, 7) is 3.51. The summed E-state index contributed by atoms with van der Waals surface area (Å²) >= 11 is 0. The number of nitrogens with one attached hydrogen (secondary N) is 4. The zero-order valence-corrected chi connectivity index (χ0v) is 35.2. The Labute approximate surface area is 362 Å². The molecule has 2 aliphatic rings. The van der Waals surface area contributed by atoms with E-state index >= 15 is 8.78 Å². The highest BCUT2D eigenvalue weighted by atomic mass is 19.3. The topological polar surface area (TPSA) is 175 Å².